The molecule has 2 rings (SSSR count). The molecule has 0 aliphatic heterocycles. The lowest BCUT2D eigenvalue weighted by Gasteiger charge is -2.28. The molecule has 0 radical (unpaired) electrons. The third-order valence-corrected chi connectivity index (χ3v) is 3.87. The van der Waals surface area contributed by atoms with Crippen LogP contribution in [-0.4, -0.2) is 60.2 Å². The number of benzene rings is 2. The van der Waals surface area contributed by atoms with E-state index in [1.165, 1.54) is 24.9 Å². The van der Waals surface area contributed by atoms with Crippen molar-refractivity contribution >= 4 is 10.8 Å². The van der Waals surface area contributed by atoms with Gasteiger partial charge in [-0.15, -0.1) is 0 Å². The molecule has 0 saturated carbocycles. The van der Waals surface area contributed by atoms with E-state index in [9.17, 15) is 52.7 Å². The molecule has 6 N–H and O–H groups in total. The average molecular weight is 554 g/mol. The Hall–Kier alpha value is -2.30. The molecule has 0 bridgehead atoms. The SMILES string of the molecule is CC(O)(C(F)(F)F)C(F)(F)F.CC(O)(C(F)(F)F)C(F)(F)F.CN.CN.c1ccc2ccccc2c1. The second-order valence-corrected chi connectivity index (χ2v) is 6.48. The molecule has 4 nitrogen and oxygen atoms in total. The van der Waals surface area contributed by atoms with Gasteiger partial charge in [-0.2, -0.15) is 52.7 Å². The zero-order valence-electron chi connectivity index (χ0n) is 19.2. The number of hydrogen-bond donors (Lipinski definition) is 4. The normalized spacial score (nSPS) is 12.4. The fraction of sp³-hybridized carbons (Fsp3) is 0.500. The van der Waals surface area contributed by atoms with Crippen molar-refractivity contribution in [2.45, 2.75) is 49.8 Å². The molecule has 0 amide bonds. The van der Waals surface area contributed by atoms with Crippen LogP contribution < -0.4 is 11.5 Å². The monoisotopic (exact) mass is 554 g/mol. The predicted molar refractivity (Wildman–Crippen MR) is 110 cm³/mol. The van der Waals surface area contributed by atoms with Crippen LogP contribution in [0.4, 0.5) is 52.7 Å². The summed E-state index contributed by atoms with van der Waals surface area (Å²) in [5.41, 5.74) is -0.250. The van der Waals surface area contributed by atoms with Crippen LogP contribution >= 0.6 is 0 Å². The van der Waals surface area contributed by atoms with Gasteiger partial charge in [0.25, 0.3) is 11.2 Å². The zero-order valence-corrected chi connectivity index (χ0v) is 19.2. The maximum Gasteiger partial charge on any atom is 0.425 e. The van der Waals surface area contributed by atoms with Gasteiger partial charge in [0.2, 0.25) is 0 Å². The van der Waals surface area contributed by atoms with Crippen molar-refractivity contribution < 1.29 is 62.9 Å². The van der Waals surface area contributed by atoms with E-state index in [1.54, 1.807) is 0 Å². The maximum absolute atomic E-state index is 11.4. The minimum atomic E-state index is -5.69. The summed E-state index contributed by atoms with van der Waals surface area (Å²) in [6.45, 7) is -0.681. The first-order valence-corrected chi connectivity index (χ1v) is 9.27. The highest BCUT2D eigenvalue weighted by Gasteiger charge is 2.67. The number of hydrogen-bond acceptors (Lipinski definition) is 4. The summed E-state index contributed by atoms with van der Waals surface area (Å²) in [6.07, 6.45) is -22.8. The van der Waals surface area contributed by atoms with Crippen molar-refractivity contribution in [1.82, 2.24) is 0 Å². The highest BCUT2D eigenvalue weighted by atomic mass is 19.4. The summed E-state index contributed by atoms with van der Waals surface area (Å²) < 4.78 is 136. The van der Waals surface area contributed by atoms with E-state index in [1.807, 2.05) is 0 Å². The first kappa shape index (κ1) is 38.2. The molecule has 16 heteroatoms. The van der Waals surface area contributed by atoms with Crippen molar-refractivity contribution in [1.29, 1.82) is 0 Å². The van der Waals surface area contributed by atoms with Gasteiger partial charge in [0.05, 0.1) is 0 Å². The maximum atomic E-state index is 11.4. The largest absolute Gasteiger partial charge is 0.425 e. The summed E-state index contributed by atoms with van der Waals surface area (Å²) in [7, 11) is 3.00. The number of aliphatic hydroxyl groups is 2. The second-order valence-electron chi connectivity index (χ2n) is 6.48. The third kappa shape index (κ3) is 11.2. The lowest BCUT2D eigenvalue weighted by atomic mass is 10.1. The fourth-order valence-corrected chi connectivity index (χ4v) is 1.45. The predicted octanol–water partition coefficient (Wildman–Crippen LogP) is 5.71. The first-order valence-electron chi connectivity index (χ1n) is 9.27. The molecule has 212 valence electrons. The van der Waals surface area contributed by atoms with E-state index < -0.39 is 35.9 Å². The molecule has 0 aromatic heterocycles. The molecule has 0 heterocycles. The molecule has 0 unspecified atom stereocenters. The second kappa shape index (κ2) is 14.4. The average Bonchev–Trinajstić information content (AvgIpc) is 2.74. The van der Waals surface area contributed by atoms with E-state index in [2.05, 4.69) is 60.0 Å². The summed E-state index contributed by atoms with van der Waals surface area (Å²) >= 11 is 0. The van der Waals surface area contributed by atoms with E-state index >= 15 is 0 Å². The lowest BCUT2D eigenvalue weighted by molar-refractivity contribution is -0.361. The van der Waals surface area contributed by atoms with Crippen molar-refractivity contribution in [2.24, 2.45) is 11.5 Å². The Morgan fingerprint density at radius 1 is 0.444 bits per heavy atom. The molecule has 0 atom stereocenters. The van der Waals surface area contributed by atoms with Crippen LogP contribution in [0.2, 0.25) is 0 Å². The van der Waals surface area contributed by atoms with Crippen molar-refractivity contribution in [3.05, 3.63) is 48.5 Å². The van der Waals surface area contributed by atoms with E-state index in [0.717, 1.165) is 0 Å². The van der Waals surface area contributed by atoms with Crippen LogP contribution in [-0.2, 0) is 0 Å². The van der Waals surface area contributed by atoms with Crippen molar-refractivity contribution in [2.75, 3.05) is 14.1 Å². The quantitative estimate of drug-likeness (QED) is 0.314. The number of nitrogens with two attached hydrogens (primary N) is 2. The zero-order chi connectivity index (χ0) is 29.8. The van der Waals surface area contributed by atoms with Crippen LogP contribution in [0, 0.1) is 0 Å². The van der Waals surface area contributed by atoms with Gasteiger partial charge in [-0.25, -0.2) is 0 Å². The Bertz CT molecular complexity index is 725. The van der Waals surface area contributed by atoms with Crippen LogP contribution in [0.1, 0.15) is 13.8 Å². The van der Waals surface area contributed by atoms with Gasteiger partial charge in [-0.1, -0.05) is 48.5 Å². The van der Waals surface area contributed by atoms with Gasteiger partial charge in [0.1, 0.15) is 0 Å². The van der Waals surface area contributed by atoms with E-state index in [4.69, 9.17) is 10.2 Å². The Kier molecular flexibility index (Phi) is 15.3. The summed E-state index contributed by atoms with van der Waals surface area (Å²) in [5, 5.41) is 18.5. The first-order chi connectivity index (χ1) is 16.0. The standard InChI is InChI=1S/C10H8.2C4H4F6O.2CH5N/c1-2-6-10-8-4-3-7-9(10)5-1;2*1-2(11,3(5,6)7)4(8,9)10;2*1-2/h1-8H;2*11H,1H3;2*2H2,1H3. The fourth-order valence-electron chi connectivity index (χ4n) is 1.45. The third-order valence-electron chi connectivity index (χ3n) is 3.87. The smallest absolute Gasteiger partial charge is 0.374 e. The van der Waals surface area contributed by atoms with Crippen LogP contribution in [0.5, 0.6) is 0 Å². The molecule has 0 aliphatic rings. The molecular weight excluding hydrogens is 528 g/mol. The van der Waals surface area contributed by atoms with Gasteiger partial charge >= 0.3 is 24.7 Å². The Morgan fingerprint density at radius 2 is 0.583 bits per heavy atom. The van der Waals surface area contributed by atoms with Gasteiger partial charge in [-0.05, 0) is 38.7 Å². The minimum Gasteiger partial charge on any atom is -0.374 e. The number of alkyl halides is 12. The summed E-state index contributed by atoms with van der Waals surface area (Å²) in [6, 6.07) is 16.7. The highest BCUT2D eigenvalue weighted by Crippen LogP contribution is 2.43. The molecular formula is C20H26F12N2O2. The van der Waals surface area contributed by atoms with Gasteiger partial charge in [0, 0.05) is 0 Å². The molecule has 0 spiro atoms. The molecule has 2 aromatic rings. The molecule has 0 fully saturated rings. The van der Waals surface area contributed by atoms with E-state index in [-0.39, 0.29) is 13.8 Å². The Morgan fingerprint density at radius 3 is 0.667 bits per heavy atom. The minimum absolute atomic E-state index is 0.340. The lowest BCUT2D eigenvalue weighted by Crippen LogP contribution is -2.54. The van der Waals surface area contributed by atoms with E-state index in [0.29, 0.717) is 0 Å². The van der Waals surface area contributed by atoms with Gasteiger partial charge in [0.15, 0.2) is 0 Å². The highest BCUT2D eigenvalue weighted by molar-refractivity contribution is 5.81. The van der Waals surface area contributed by atoms with Crippen LogP contribution in [0.3, 0.4) is 0 Å². The molecule has 2 aromatic carbocycles. The number of fused-ring (bicyclic) bond motifs is 1. The number of halogens is 12. The Labute approximate surface area is 198 Å². The van der Waals surface area contributed by atoms with Crippen LogP contribution in [0.15, 0.2) is 48.5 Å². The topological polar surface area (TPSA) is 92.5 Å². The summed E-state index contributed by atoms with van der Waals surface area (Å²) in [5.74, 6) is 0. The summed E-state index contributed by atoms with van der Waals surface area (Å²) in [4.78, 5) is 0. The van der Waals surface area contributed by atoms with Crippen LogP contribution in [0.25, 0.3) is 10.8 Å². The van der Waals surface area contributed by atoms with Crippen molar-refractivity contribution in [3.63, 3.8) is 0 Å². The number of rotatable bonds is 0. The van der Waals surface area contributed by atoms with Crippen molar-refractivity contribution in [3.8, 4) is 0 Å². The van der Waals surface area contributed by atoms with Gasteiger partial charge in [-0.3, -0.25) is 0 Å². The van der Waals surface area contributed by atoms with Gasteiger partial charge < -0.3 is 21.7 Å². The molecule has 0 saturated heterocycles. The Balaban J connectivity index is -0.000000423. The molecule has 36 heavy (non-hydrogen) atoms. The molecule has 0 aliphatic carbocycles.